The maximum Gasteiger partial charge on any atom is 0.257 e. The van der Waals surface area contributed by atoms with Gasteiger partial charge in [-0.15, -0.1) is 0 Å². The molecule has 6 atom stereocenters. The van der Waals surface area contributed by atoms with Crippen LogP contribution in [0.3, 0.4) is 0 Å². The van der Waals surface area contributed by atoms with Gasteiger partial charge in [0.1, 0.15) is 17.1 Å². The first kappa shape index (κ1) is 28.5. The van der Waals surface area contributed by atoms with Gasteiger partial charge >= 0.3 is 0 Å². The summed E-state index contributed by atoms with van der Waals surface area (Å²) in [5.41, 5.74) is 0.958. The summed E-state index contributed by atoms with van der Waals surface area (Å²) in [5, 5.41) is 12.5. The number of Topliss-reactive ketones (excluding diaryl/α,β-unsaturated/α-hetero) is 2. The average molecular weight is 596 g/mol. The smallest absolute Gasteiger partial charge is 0.257 e. The summed E-state index contributed by atoms with van der Waals surface area (Å²) >= 11 is 1.20. The number of allylic oxidation sites excluding steroid dienone is 1. The molecule has 4 aliphatic rings. The zero-order valence-electron chi connectivity index (χ0n) is 24.7. The molecule has 0 amide bonds. The topological polar surface area (TPSA) is 97.5 Å². The lowest BCUT2D eigenvalue weighted by Crippen LogP contribution is -2.60. The number of hydrogen-bond donors (Lipinski definition) is 1. The van der Waals surface area contributed by atoms with Gasteiger partial charge in [-0.05, 0) is 55.4 Å². The predicted octanol–water partition coefficient (Wildman–Crippen LogP) is 7.11. The number of aliphatic hydroxyl groups is 1. The molecule has 43 heavy (non-hydrogen) atoms. The molecule has 222 valence electrons. The molecule has 0 aliphatic heterocycles. The number of hydrogen-bond acceptors (Lipinski definition) is 7. The molecule has 3 aromatic rings. The van der Waals surface area contributed by atoms with E-state index in [0.29, 0.717) is 35.9 Å². The quantitative estimate of drug-likeness (QED) is 0.303. The Kier molecular flexibility index (Phi) is 6.90. The van der Waals surface area contributed by atoms with Gasteiger partial charge in [0.05, 0.1) is 5.75 Å². The first-order valence-corrected chi connectivity index (χ1v) is 16.4. The molecule has 1 N–H and O–H groups in total. The van der Waals surface area contributed by atoms with Gasteiger partial charge in [-0.1, -0.05) is 91.8 Å². The molecular weight excluding hydrogens is 558 g/mol. The molecule has 4 aliphatic carbocycles. The van der Waals surface area contributed by atoms with Crippen LogP contribution in [0.15, 0.2) is 82.0 Å². The van der Waals surface area contributed by atoms with Crippen LogP contribution < -0.4 is 0 Å². The Morgan fingerprint density at radius 1 is 0.977 bits per heavy atom. The van der Waals surface area contributed by atoms with Crippen molar-refractivity contribution < 1.29 is 23.9 Å². The van der Waals surface area contributed by atoms with Crippen molar-refractivity contribution in [2.75, 3.05) is 5.75 Å². The van der Waals surface area contributed by atoms with Gasteiger partial charge in [-0.25, -0.2) is 4.98 Å². The average Bonchev–Trinajstić information content (AvgIpc) is 3.56. The predicted molar refractivity (Wildman–Crippen MR) is 165 cm³/mol. The largest absolute Gasteiger partial charge is 0.431 e. The second-order valence-electron chi connectivity index (χ2n) is 13.4. The van der Waals surface area contributed by atoms with Crippen molar-refractivity contribution in [3.8, 4) is 22.6 Å². The van der Waals surface area contributed by atoms with Gasteiger partial charge in [0.15, 0.2) is 17.3 Å². The summed E-state index contributed by atoms with van der Waals surface area (Å²) in [4.78, 5) is 44.8. The van der Waals surface area contributed by atoms with Crippen LogP contribution in [0.25, 0.3) is 22.6 Å². The van der Waals surface area contributed by atoms with Crippen molar-refractivity contribution in [1.82, 2.24) is 4.98 Å². The van der Waals surface area contributed by atoms with Crippen molar-refractivity contribution in [3.63, 3.8) is 0 Å². The summed E-state index contributed by atoms with van der Waals surface area (Å²) in [6.07, 6.45) is 5.89. The van der Waals surface area contributed by atoms with Crippen LogP contribution in [-0.4, -0.2) is 38.8 Å². The Labute approximate surface area is 256 Å². The Balaban J connectivity index is 1.13. The molecule has 6 nitrogen and oxygen atoms in total. The third-order valence-corrected chi connectivity index (χ3v) is 12.1. The summed E-state index contributed by atoms with van der Waals surface area (Å²) in [5.74, 6) is 0.740. The van der Waals surface area contributed by atoms with Gasteiger partial charge in [0, 0.05) is 35.3 Å². The minimum atomic E-state index is -1.58. The molecule has 2 aromatic carbocycles. The normalized spacial score (nSPS) is 33.4. The number of oxazole rings is 1. The molecule has 5 unspecified atom stereocenters. The first-order chi connectivity index (χ1) is 20.6. The lowest BCUT2D eigenvalue weighted by Gasteiger charge is -2.57. The van der Waals surface area contributed by atoms with E-state index < -0.39 is 11.0 Å². The van der Waals surface area contributed by atoms with E-state index in [1.54, 1.807) is 6.08 Å². The molecule has 3 saturated carbocycles. The van der Waals surface area contributed by atoms with Gasteiger partial charge in [-0.3, -0.25) is 14.4 Å². The van der Waals surface area contributed by atoms with Gasteiger partial charge in [0.25, 0.3) is 5.22 Å². The SMILES string of the molecule is CC12CCC(=O)C=C1CCC1C2C(=O)CC2(C)C1CC[C@]2(O)C(=O)CSc1nc(-c2ccccc2)c(-c2ccccc2)o1. The second kappa shape index (κ2) is 10.4. The highest BCUT2D eigenvalue weighted by molar-refractivity contribution is 7.99. The number of carbonyl (C=O) groups is 3. The van der Waals surface area contributed by atoms with Crippen molar-refractivity contribution >= 4 is 29.1 Å². The van der Waals surface area contributed by atoms with Crippen molar-refractivity contribution in [1.29, 1.82) is 0 Å². The molecular formula is C36H37NO5S. The number of ketones is 3. The van der Waals surface area contributed by atoms with Crippen molar-refractivity contribution in [3.05, 3.63) is 72.3 Å². The van der Waals surface area contributed by atoms with Crippen molar-refractivity contribution in [2.24, 2.45) is 28.6 Å². The van der Waals surface area contributed by atoms with Gasteiger partial charge in [-0.2, -0.15) is 0 Å². The Morgan fingerprint density at radius 2 is 1.67 bits per heavy atom. The van der Waals surface area contributed by atoms with E-state index in [4.69, 9.17) is 9.40 Å². The molecule has 0 bridgehead atoms. The fourth-order valence-electron chi connectivity index (χ4n) is 9.03. The zero-order valence-corrected chi connectivity index (χ0v) is 25.5. The van der Waals surface area contributed by atoms with E-state index >= 15 is 0 Å². The lowest BCUT2D eigenvalue weighted by molar-refractivity contribution is -0.167. The van der Waals surface area contributed by atoms with E-state index in [-0.39, 0.29) is 52.7 Å². The van der Waals surface area contributed by atoms with Crippen LogP contribution in [0.5, 0.6) is 0 Å². The van der Waals surface area contributed by atoms with E-state index in [0.717, 1.165) is 36.0 Å². The minimum absolute atomic E-state index is 0.0107. The highest BCUT2D eigenvalue weighted by Crippen LogP contribution is 2.66. The van der Waals surface area contributed by atoms with E-state index in [1.165, 1.54) is 11.8 Å². The summed E-state index contributed by atoms with van der Waals surface area (Å²) in [6, 6.07) is 19.6. The third kappa shape index (κ3) is 4.41. The van der Waals surface area contributed by atoms with Gasteiger partial charge in [0.2, 0.25) is 0 Å². The number of rotatable bonds is 6. The summed E-state index contributed by atoms with van der Waals surface area (Å²) in [6.45, 7) is 4.13. The maximum absolute atomic E-state index is 14.0. The van der Waals surface area contributed by atoms with Crippen LogP contribution in [-0.2, 0) is 14.4 Å². The highest BCUT2D eigenvalue weighted by atomic mass is 32.2. The number of benzene rings is 2. The number of nitrogens with zero attached hydrogens (tertiary/aromatic N) is 1. The number of fused-ring (bicyclic) bond motifs is 5. The van der Waals surface area contributed by atoms with Crippen molar-refractivity contribution in [2.45, 2.75) is 69.6 Å². The fraction of sp³-hybridized carbons (Fsp3) is 0.444. The first-order valence-electron chi connectivity index (χ1n) is 15.4. The standard InChI is InChI=1S/C36H37NO5S/c1-34-17-15-25(38)19-24(34)13-14-26-27-16-18-36(41,35(27,2)20-28(39)30(26)34)29(40)21-43-33-37-31(22-9-5-3-6-10-22)32(42-33)23-11-7-4-8-12-23/h3-12,19,26-27,30,41H,13-18,20-21H2,1-2H3/t26?,27?,30?,34?,35?,36-/m0/s1. The molecule has 7 rings (SSSR count). The monoisotopic (exact) mass is 595 g/mol. The maximum atomic E-state index is 14.0. The molecule has 7 heteroatoms. The fourth-order valence-corrected chi connectivity index (χ4v) is 9.82. The second-order valence-corrected chi connectivity index (χ2v) is 14.3. The molecule has 0 saturated heterocycles. The Hall–Kier alpha value is -3.29. The third-order valence-electron chi connectivity index (χ3n) is 11.3. The van der Waals surface area contributed by atoms with E-state index in [1.807, 2.05) is 67.6 Å². The Bertz CT molecular complexity index is 1570. The zero-order chi connectivity index (χ0) is 30.0. The number of aromatic nitrogens is 1. The van der Waals surface area contributed by atoms with E-state index in [2.05, 4.69) is 6.92 Å². The molecule has 1 aromatic heterocycles. The van der Waals surface area contributed by atoms with Crippen LogP contribution in [0.4, 0.5) is 0 Å². The van der Waals surface area contributed by atoms with Crippen LogP contribution in [0.2, 0.25) is 0 Å². The number of carbonyl (C=O) groups excluding carboxylic acids is 3. The van der Waals surface area contributed by atoms with Crippen LogP contribution in [0.1, 0.15) is 58.8 Å². The summed E-state index contributed by atoms with van der Waals surface area (Å²) in [7, 11) is 0. The highest BCUT2D eigenvalue weighted by Gasteiger charge is 2.68. The molecule has 1 heterocycles. The van der Waals surface area contributed by atoms with Crippen LogP contribution >= 0.6 is 11.8 Å². The molecule has 0 spiro atoms. The molecule has 3 fully saturated rings. The lowest BCUT2D eigenvalue weighted by atomic mass is 9.46. The van der Waals surface area contributed by atoms with Gasteiger partial charge < -0.3 is 9.52 Å². The minimum Gasteiger partial charge on any atom is -0.431 e. The van der Waals surface area contributed by atoms with Crippen LogP contribution in [0, 0.1) is 28.6 Å². The molecule has 0 radical (unpaired) electrons. The summed E-state index contributed by atoms with van der Waals surface area (Å²) < 4.78 is 6.22. The number of thioether (sulfide) groups is 1. The Morgan fingerprint density at radius 3 is 2.40 bits per heavy atom. The van der Waals surface area contributed by atoms with E-state index in [9.17, 15) is 19.5 Å².